The fourth-order valence-corrected chi connectivity index (χ4v) is 2.58. The lowest BCUT2D eigenvalue weighted by molar-refractivity contribution is -0.143. The summed E-state index contributed by atoms with van der Waals surface area (Å²) < 4.78 is 13.4. The minimum Gasteiger partial charge on any atom is -0.481 e. The molecule has 0 aromatic heterocycles. The van der Waals surface area contributed by atoms with Crippen LogP contribution in [0.4, 0.5) is 10.1 Å². The molecule has 1 aromatic carbocycles. The monoisotopic (exact) mass is 290 g/mol. The van der Waals surface area contributed by atoms with Crippen LogP contribution in [-0.2, 0) is 9.59 Å². The van der Waals surface area contributed by atoms with Gasteiger partial charge in [-0.1, -0.05) is 6.07 Å². The molecule has 1 fully saturated rings. The average Bonchev–Trinajstić information content (AvgIpc) is 2.47. The largest absolute Gasteiger partial charge is 0.481 e. The minimum absolute atomic E-state index is 0.155. The predicted molar refractivity (Wildman–Crippen MR) is 72.8 cm³/mol. The Morgan fingerprint density at radius 2 is 1.86 bits per heavy atom. The molecule has 0 heterocycles. The summed E-state index contributed by atoms with van der Waals surface area (Å²) >= 11 is 0. The molecule has 110 valence electrons. The number of carboxylic acid groups (broad SMARTS) is 1. The summed E-state index contributed by atoms with van der Waals surface area (Å²) in [7, 11) is 0. The number of hydrogen-bond donors (Lipinski definition) is 2. The van der Waals surface area contributed by atoms with Crippen LogP contribution in [0.3, 0.4) is 0 Å². The van der Waals surface area contributed by atoms with Crippen molar-refractivity contribution in [2.45, 2.75) is 25.7 Å². The molecule has 0 spiro atoms. The molecule has 1 amide bonds. The molecule has 2 N–H and O–H groups in total. The summed E-state index contributed by atoms with van der Waals surface area (Å²) in [6.07, 6.45) is 1.89. The number of carbonyl (C=O) groups excluding carboxylic acids is 1. The Kier molecular flexibility index (Phi) is 4.53. The zero-order valence-electron chi connectivity index (χ0n) is 11.3. The van der Waals surface area contributed by atoms with Crippen molar-refractivity contribution in [1.29, 1.82) is 5.26 Å². The molecule has 5 nitrogen and oxygen atoms in total. The first-order valence-corrected chi connectivity index (χ1v) is 6.75. The Morgan fingerprint density at radius 3 is 2.43 bits per heavy atom. The number of hydrogen-bond acceptors (Lipinski definition) is 3. The smallest absolute Gasteiger partial charge is 0.306 e. The first-order chi connectivity index (χ1) is 10.0. The third-order valence-corrected chi connectivity index (χ3v) is 3.83. The Hall–Kier alpha value is -2.42. The second kappa shape index (κ2) is 6.35. The van der Waals surface area contributed by atoms with E-state index in [-0.39, 0.29) is 23.1 Å². The van der Waals surface area contributed by atoms with Gasteiger partial charge in [-0.3, -0.25) is 9.59 Å². The molecule has 0 unspecified atom stereocenters. The highest BCUT2D eigenvalue weighted by Crippen LogP contribution is 2.30. The van der Waals surface area contributed by atoms with Gasteiger partial charge in [0, 0.05) is 5.92 Å². The summed E-state index contributed by atoms with van der Waals surface area (Å²) in [5.41, 5.74) is -0.0343. The van der Waals surface area contributed by atoms with E-state index >= 15 is 0 Å². The fourth-order valence-electron chi connectivity index (χ4n) is 2.58. The second-order valence-electron chi connectivity index (χ2n) is 5.15. The Morgan fingerprint density at radius 1 is 1.24 bits per heavy atom. The summed E-state index contributed by atoms with van der Waals surface area (Å²) in [4.78, 5) is 23.0. The summed E-state index contributed by atoms with van der Waals surface area (Å²) in [5, 5.41) is 20.4. The maximum absolute atomic E-state index is 13.4. The van der Waals surface area contributed by atoms with E-state index in [1.807, 2.05) is 0 Å². The third-order valence-electron chi connectivity index (χ3n) is 3.83. The van der Waals surface area contributed by atoms with E-state index in [1.165, 1.54) is 12.1 Å². The van der Waals surface area contributed by atoms with Gasteiger partial charge in [0.2, 0.25) is 5.91 Å². The van der Waals surface area contributed by atoms with Crippen molar-refractivity contribution in [2.75, 3.05) is 5.32 Å². The molecule has 1 saturated carbocycles. The lowest BCUT2D eigenvalue weighted by Gasteiger charge is -2.25. The van der Waals surface area contributed by atoms with Crippen molar-refractivity contribution in [3.8, 4) is 6.07 Å². The summed E-state index contributed by atoms with van der Waals surface area (Å²) in [6.45, 7) is 0. The predicted octanol–water partition coefficient (Wildman–Crippen LogP) is 2.53. The molecule has 6 heteroatoms. The van der Waals surface area contributed by atoms with Gasteiger partial charge in [-0.05, 0) is 37.8 Å². The van der Waals surface area contributed by atoms with Gasteiger partial charge < -0.3 is 10.4 Å². The van der Waals surface area contributed by atoms with Crippen LogP contribution in [0.2, 0.25) is 0 Å². The van der Waals surface area contributed by atoms with Crippen LogP contribution in [0.15, 0.2) is 18.2 Å². The van der Waals surface area contributed by atoms with E-state index in [4.69, 9.17) is 10.4 Å². The van der Waals surface area contributed by atoms with E-state index < -0.39 is 17.7 Å². The van der Waals surface area contributed by atoms with E-state index in [9.17, 15) is 14.0 Å². The summed E-state index contributed by atoms with van der Waals surface area (Å²) in [5.74, 6) is -2.48. The Labute approximate surface area is 121 Å². The minimum atomic E-state index is -0.828. The molecule has 1 aliphatic rings. The van der Waals surface area contributed by atoms with E-state index in [0.29, 0.717) is 25.7 Å². The molecule has 0 saturated heterocycles. The highest BCUT2D eigenvalue weighted by atomic mass is 19.1. The van der Waals surface area contributed by atoms with Crippen LogP contribution in [0.25, 0.3) is 0 Å². The number of anilines is 1. The molecule has 21 heavy (non-hydrogen) atoms. The van der Waals surface area contributed by atoms with Crippen LogP contribution in [0, 0.1) is 29.0 Å². The van der Waals surface area contributed by atoms with Crippen molar-refractivity contribution in [3.05, 3.63) is 29.6 Å². The zero-order chi connectivity index (χ0) is 15.4. The number of carboxylic acids is 1. The van der Waals surface area contributed by atoms with E-state index in [2.05, 4.69) is 5.32 Å². The molecule has 0 radical (unpaired) electrons. The Balaban J connectivity index is 2.02. The van der Waals surface area contributed by atoms with Gasteiger partial charge in [-0.2, -0.15) is 5.26 Å². The first kappa shape index (κ1) is 15.0. The zero-order valence-corrected chi connectivity index (χ0v) is 11.3. The van der Waals surface area contributed by atoms with Crippen LogP contribution in [0.1, 0.15) is 31.2 Å². The number of halogens is 1. The van der Waals surface area contributed by atoms with Crippen molar-refractivity contribution < 1.29 is 19.1 Å². The molecule has 0 bridgehead atoms. The van der Waals surface area contributed by atoms with Crippen LogP contribution >= 0.6 is 0 Å². The van der Waals surface area contributed by atoms with Crippen LogP contribution in [-0.4, -0.2) is 17.0 Å². The third kappa shape index (κ3) is 3.37. The molecule has 0 atom stereocenters. The van der Waals surface area contributed by atoms with Gasteiger partial charge in [-0.15, -0.1) is 0 Å². The maximum Gasteiger partial charge on any atom is 0.306 e. The van der Waals surface area contributed by atoms with Crippen molar-refractivity contribution in [3.63, 3.8) is 0 Å². The maximum atomic E-state index is 13.4. The number of nitriles is 1. The highest BCUT2D eigenvalue weighted by molar-refractivity contribution is 5.94. The molecule has 1 aliphatic carbocycles. The van der Waals surface area contributed by atoms with Crippen molar-refractivity contribution in [2.24, 2.45) is 11.8 Å². The van der Waals surface area contributed by atoms with Gasteiger partial charge in [0.15, 0.2) is 0 Å². The SMILES string of the molecule is N#Cc1c(F)cccc1NC(=O)C1CCC(C(=O)O)CC1. The number of rotatable bonds is 3. The number of amides is 1. The van der Waals surface area contributed by atoms with E-state index in [1.54, 1.807) is 6.07 Å². The van der Waals surface area contributed by atoms with Crippen molar-refractivity contribution in [1.82, 2.24) is 0 Å². The number of aliphatic carboxylic acids is 1. The Bertz CT molecular complexity index is 601. The van der Waals surface area contributed by atoms with E-state index in [0.717, 1.165) is 6.07 Å². The van der Waals surface area contributed by atoms with Crippen molar-refractivity contribution >= 4 is 17.6 Å². The molecule has 1 aromatic rings. The lowest BCUT2D eigenvalue weighted by atomic mass is 9.81. The fraction of sp³-hybridized carbons (Fsp3) is 0.400. The van der Waals surface area contributed by atoms with Crippen LogP contribution in [0.5, 0.6) is 0 Å². The van der Waals surface area contributed by atoms with Crippen LogP contribution < -0.4 is 5.32 Å². The molecular weight excluding hydrogens is 275 g/mol. The number of benzene rings is 1. The van der Waals surface area contributed by atoms with Gasteiger partial charge in [0.1, 0.15) is 17.4 Å². The quantitative estimate of drug-likeness (QED) is 0.895. The molecule has 2 rings (SSSR count). The standard InChI is InChI=1S/C15H15FN2O3/c16-12-2-1-3-13(11(12)8-17)18-14(19)9-4-6-10(7-5-9)15(20)21/h1-3,9-10H,4-7H2,(H,18,19)(H,20,21). The number of nitrogens with one attached hydrogen (secondary N) is 1. The summed E-state index contributed by atoms with van der Waals surface area (Å²) in [6, 6.07) is 5.78. The molecule has 0 aliphatic heterocycles. The number of nitrogens with zero attached hydrogens (tertiary/aromatic N) is 1. The second-order valence-corrected chi connectivity index (χ2v) is 5.15. The van der Waals surface area contributed by atoms with Gasteiger partial charge in [-0.25, -0.2) is 4.39 Å². The highest BCUT2D eigenvalue weighted by Gasteiger charge is 2.30. The first-order valence-electron chi connectivity index (χ1n) is 6.75. The molecular formula is C15H15FN2O3. The lowest BCUT2D eigenvalue weighted by Crippen LogP contribution is -2.29. The normalized spacial score (nSPS) is 21.3. The number of carbonyl (C=O) groups is 2. The van der Waals surface area contributed by atoms with Gasteiger partial charge in [0.05, 0.1) is 11.6 Å². The van der Waals surface area contributed by atoms with Gasteiger partial charge in [0.25, 0.3) is 0 Å². The topological polar surface area (TPSA) is 90.2 Å². The van der Waals surface area contributed by atoms with Gasteiger partial charge >= 0.3 is 5.97 Å². The average molecular weight is 290 g/mol.